The molecule has 1 atom stereocenters. The second-order valence-corrected chi connectivity index (χ2v) is 5.02. The van der Waals surface area contributed by atoms with E-state index in [1.165, 1.54) is 11.1 Å². The molecule has 0 spiro atoms. The number of ether oxygens (including phenoxy) is 1. The van der Waals surface area contributed by atoms with Crippen LogP contribution in [0.2, 0.25) is 0 Å². The monoisotopic (exact) mass is 268 g/mol. The first-order valence-electron chi connectivity index (χ1n) is 6.78. The van der Waals surface area contributed by atoms with Crippen molar-refractivity contribution in [3.63, 3.8) is 0 Å². The van der Waals surface area contributed by atoms with E-state index in [0.717, 1.165) is 18.4 Å². The minimum atomic E-state index is -0.840. The fourth-order valence-corrected chi connectivity index (χ4v) is 2.72. The van der Waals surface area contributed by atoms with Gasteiger partial charge in [-0.1, -0.05) is 42.5 Å². The van der Waals surface area contributed by atoms with Crippen LogP contribution in [0.1, 0.15) is 29.2 Å². The van der Waals surface area contributed by atoms with E-state index < -0.39 is 5.97 Å². The summed E-state index contributed by atoms with van der Waals surface area (Å²) in [6.45, 7) is 0. The molecule has 0 saturated heterocycles. The molecule has 3 rings (SSSR count). The highest BCUT2D eigenvalue weighted by Gasteiger charge is 2.24. The van der Waals surface area contributed by atoms with E-state index in [2.05, 4.69) is 12.1 Å². The molecule has 0 fully saturated rings. The maximum absolute atomic E-state index is 10.9. The molecule has 0 bridgehead atoms. The SMILES string of the molecule is O=C(O)Cc1ccccc1OC1CCc2ccccc21. The Balaban J connectivity index is 1.84. The second kappa shape index (κ2) is 5.37. The van der Waals surface area contributed by atoms with Crippen molar-refractivity contribution in [1.29, 1.82) is 0 Å². The second-order valence-electron chi connectivity index (χ2n) is 5.02. The van der Waals surface area contributed by atoms with E-state index in [-0.39, 0.29) is 12.5 Å². The summed E-state index contributed by atoms with van der Waals surface area (Å²) in [6.07, 6.45) is 1.98. The van der Waals surface area contributed by atoms with Crippen LogP contribution in [0.25, 0.3) is 0 Å². The quantitative estimate of drug-likeness (QED) is 0.924. The first-order chi connectivity index (χ1) is 9.74. The number of carboxylic acid groups (broad SMARTS) is 1. The van der Waals surface area contributed by atoms with Gasteiger partial charge in [0.1, 0.15) is 11.9 Å². The largest absolute Gasteiger partial charge is 0.485 e. The van der Waals surface area contributed by atoms with Gasteiger partial charge in [0.05, 0.1) is 6.42 Å². The van der Waals surface area contributed by atoms with Gasteiger partial charge >= 0.3 is 5.97 Å². The average Bonchev–Trinajstić information content (AvgIpc) is 2.84. The number of para-hydroxylation sites is 1. The van der Waals surface area contributed by atoms with E-state index in [1.54, 1.807) is 0 Å². The lowest BCUT2D eigenvalue weighted by Crippen LogP contribution is -2.07. The maximum atomic E-state index is 10.9. The highest BCUT2D eigenvalue weighted by molar-refractivity contribution is 5.71. The van der Waals surface area contributed by atoms with E-state index >= 15 is 0 Å². The summed E-state index contributed by atoms with van der Waals surface area (Å²) in [7, 11) is 0. The highest BCUT2D eigenvalue weighted by Crippen LogP contribution is 2.35. The Morgan fingerprint density at radius 2 is 1.90 bits per heavy atom. The molecule has 1 N–H and O–H groups in total. The first kappa shape index (κ1) is 12.7. The molecule has 1 aliphatic rings. The molecule has 0 aliphatic heterocycles. The maximum Gasteiger partial charge on any atom is 0.307 e. The van der Waals surface area contributed by atoms with E-state index in [9.17, 15) is 4.79 Å². The van der Waals surface area contributed by atoms with Crippen LogP contribution < -0.4 is 4.74 Å². The minimum absolute atomic E-state index is 0.00938. The normalized spacial score (nSPS) is 16.7. The fourth-order valence-electron chi connectivity index (χ4n) is 2.72. The fraction of sp³-hybridized carbons (Fsp3) is 0.235. The van der Waals surface area contributed by atoms with Gasteiger partial charge < -0.3 is 9.84 Å². The van der Waals surface area contributed by atoms with Crippen LogP contribution in [-0.4, -0.2) is 11.1 Å². The van der Waals surface area contributed by atoms with E-state index in [0.29, 0.717) is 5.75 Å². The predicted molar refractivity (Wildman–Crippen MR) is 75.9 cm³/mol. The molecule has 0 radical (unpaired) electrons. The topological polar surface area (TPSA) is 46.5 Å². The molecule has 0 aromatic heterocycles. The number of hydrogen-bond acceptors (Lipinski definition) is 2. The van der Waals surface area contributed by atoms with Crippen molar-refractivity contribution in [3.05, 3.63) is 65.2 Å². The third kappa shape index (κ3) is 2.52. The standard InChI is InChI=1S/C17H16O3/c18-17(19)11-13-6-2-4-8-15(13)20-16-10-9-12-5-1-3-7-14(12)16/h1-8,16H,9-11H2,(H,18,19). The van der Waals surface area contributed by atoms with Crippen molar-refractivity contribution < 1.29 is 14.6 Å². The van der Waals surface area contributed by atoms with E-state index in [4.69, 9.17) is 9.84 Å². The molecule has 1 aliphatic carbocycles. The number of carboxylic acids is 1. The van der Waals surface area contributed by atoms with Crippen LogP contribution in [0, 0.1) is 0 Å². The van der Waals surface area contributed by atoms with Gasteiger partial charge in [0, 0.05) is 5.56 Å². The molecule has 0 amide bonds. The van der Waals surface area contributed by atoms with Gasteiger partial charge in [0.15, 0.2) is 0 Å². The van der Waals surface area contributed by atoms with Crippen molar-refractivity contribution in [2.24, 2.45) is 0 Å². The number of carbonyl (C=O) groups is 1. The summed E-state index contributed by atoms with van der Waals surface area (Å²) in [4.78, 5) is 10.9. The Kier molecular flexibility index (Phi) is 3.42. The number of hydrogen-bond donors (Lipinski definition) is 1. The molecular formula is C17H16O3. The molecule has 20 heavy (non-hydrogen) atoms. The lowest BCUT2D eigenvalue weighted by Gasteiger charge is -2.17. The van der Waals surface area contributed by atoms with Gasteiger partial charge in [-0.3, -0.25) is 4.79 Å². The molecular weight excluding hydrogens is 252 g/mol. The lowest BCUT2D eigenvalue weighted by molar-refractivity contribution is -0.136. The summed E-state index contributed by atoms with van der Waals surface area (Å²) >= 11 is 0. The Hall–Kier alpha value is -2.29. The number of aliphatic carboxylic acids is 1. The zero-order chi connectivity index (χ0) is 13.9. The summed E-state index contributed by atoms with van der Waals surface area (Å²) in [6, 6.07) is 15.6. The predicted octanol–water partition coefficient (Wildman–Crippen LogP) is 3.38. The van der Waals surface area contributed by atoms with Gasteiger partial charge in [0.25, 0.3) is 0 Å². The summed E-state index contributed by atoms with van der Waals surface area (Å²) in [5, 5.41) is 8.95. The molecule has 2 aromatic carbocycles. The number of aryl methyl sites for hydroxylation is 1. The third-order valence-corrected chi connectivity index (χ3v) is 3.66. The third-order valence-electron chi connectivity index (χ3n) is 3.66. The lowest BCUT2D eigenvalue weighted by atomic mass is 10.1. The van der Waals surface area contributed by atoms with Crippen LogP contribution >= 0.6 is 0 Å². The molecule has 3 nitrogen and oxygen atoms in total. The summed E-state index contributed by atoms with van der Waals surface area (Å²) in [5.41, 5.74) is 3.27. The van der Waals surface area contributed by atoms with Gasteiger partial charge in [-0.25, -0.2) is 0 Å². The van der Waals surface area contributed by atoms with Crippen LogP contribution in [-0.2, 0) is 17.6 Å². The first-order valence-corrected chi connectivity index (χ1v) is 6.78. The Bertz CT molecular complexity index is 634. The Labute approximate surface area is 117 Å². The van der Waals surface area contributed by atoms with Gasteiger partial charge in [-0.15, -0.1) is 0 Å². The zero-order valence-electron chi connectivity index (χ0n) is 11.1. The highest BCUT2D eigenvalue weighted by atomic mass is 16.5. The van der Waals surface area contributed by atoms with Crippen molar-refractivity contribution in [2.45, 2.75) is 25.4 Å². The molecule has 3 heteroatoms. The minimum Gasteiger partial charge on any atom is -0.485 e. The van der Waals surface area contributed by atoms with Crippen molar-refractivity contribution in [1.82, 2.24) is 0 Å². The number of fused-ring (bicyclic) bond motifs is 1. The molecule has 1 unspecified atom stereocenters. The van der Waals surface area contributed by atoms with Crippen molar-refractivity contribution in [2.75, 3.05) is 0 Å². The smallest absolute Gasteiger partial charge is 0.307 e. The zero-order valence-corrected chi connectivity index (χ0v) is 11.1. The van der Waals surface area contributed by atoms with Crippen LogP contribution in [0.5, 0.6) is 5.75 Å². The summed E-state index contributed by atoms with van der Waals surface area (Å²) in [5.74, 6) is -0.163. The Morgan fingerprint density at radius 3 is 2.75 bits per heavy atom. The number of benzene rings is 2. The van der Waals surface area contributed by atoms with Crippen LogP contribution in [0.15, 0.2) is 48.5 Å². The molecule has 0 heterocycles. The van der Waals surface area contributed by atoms with E-state index in [1.807, 2.05) is 36.4 Å². The Morgan fingerprint density at radius 1 is 1.15 bits per heavy atom. The van der Waals surface area contributed by atoms with Gasteiger partial charge in [-0.2, -0.15) is 0 Å². The summed E-state index contributed by atoms with van der Waals surface area (Å²) < 4.78 is 6.07. The van der Waals surface area contributed by atoms with Crippen molar-refractivity contribution >= 4 is 5.97 Å². The van der Waals surface area contributed by atoms with Crippen LogP contribution in [0.4, 0.5) is 0 Å². The van der Waals surface area contributed by atoms with Gasteiger partial charge in [0.2, 0.25) is 0 Å². The van der Waals surface area contributed by atoms with Crippen LogP contribution in [0.3, 0.4) is 0 Å². The molecule has 2 aromatic rings. The van der Waals surface area contributed by atoms with Crippen molar-refractivity contribution in [3.8, 4) is 5.75 Å². The molecule has 102 valence electrons. The van der Waals surface area contributed by atoms with Gasteiger partial charge in [-0.05, 0) is 30.0 Å². The number of rotatable bonds is 4. The average molecular weight is 268 g/mol. The molecule has 0 saturated carbocycles.